The van der Waals surface area contributed by atoms with Crippen molar-refractivity contribution in [1.82, 2.24) is 20.4 Å². The normalized spacial score (nSPS) is 25.4. The van der Waals surface area contributed by atoms with Gasteiger partial charge < -0.3 is 10.2 Å². The lowest BCUT2D eigenvalue weighted by atomic mass is 9.88. The van der Waals surface area contributed by atoms with Gasteiger partial charge in [0.05, 0.1) is 0 Å². The second kappa shape index (κ2) is 8.12. The summed E-state index contributed by atoms with van der Waals surface area (Å²) in [5, 5.41) is 5.84. The molecule has 7 heteroatoms. The molecule has 3 aliphatic heterocycles. The molecule has 2 saturated heterocycles. The number of amides is 3. The van der Waals surface area contributed by atoms with E-state index in [0.29, 0.717) is 25.0 Å². The molecular formula is C23H30N4O3. The highest BCUT2D eigenvalue weighted by Gasteiger charge is 2.40. The maximum Gasteiger partial charge on any atom is 0.255 e. The van der Waals surface area contributed by atoms with Gasteiger partial charge in [-0.05, 0) is 56.3 Å². The van der Waals surface area contributed by atoms with Gasteiger partial charge in [-0.2, -0.15) is 0 Å². The first kappa shape index (κ1) is 19.7. The van der Waals surface area contributed by atoms with Crippen LogP contribution >= 0.6 is 0 Å². The summed E-state index contributed by atoms with van der Waals surface area (Å²) >= 11 is 0. The highest BCUT2D eigenvalue weighted by Crippen LogP contribution is 2.34. The van der Waals surface area contributed by atoms with Gasteiger partial charge in [-0.1, -0.05) is 24.6 Å². The van der Waals surface area contributed by atoms with Crippen molar-refractivity contribution < 1.29 is 14.4 Å². The Balaban J connectivity index is 1.38. The van der Waals surface area contributed by atoms with Gasteiger partial charge in [-0.15, -0.1) is 0 Å². The fraction of sp³-hybridized carbons (Fsp3) is 0.609. The van der Waals surface area contributed by atoms with Crippen LogP contribution in [0, 0.1) is 0 Å². The number of nitrogens with one attached hydrogen (secondary N) is 2. The molecule has 30 heavy (non-hydrogen) atoms. The van der Waals surface area contributed by atoms with E-state index >= 15 is 0 Å². The molecule has 1 atom stereocenters. The first-order valence-corrected chi connectivity index (χ1v) is 11.3. The van der Waals surface area contributed by atoms with Crippen LogP contribution in [0.3, 0.4) is 0 Å². The van der Waals surface area contributed by atoms with E-state index < -0.39 is 6.04 Å². The Bertz CT molecular complexity index is 860. The van der Waals surface area contributed by atoms with Gasteiger partial charge in [-0.3, -0.25) is 24.6 Å². The first-order chi connectivity index (χ1) is 14.6. The predicted molar refractivity (Wildman–Crippen MR) is 112 cm³/mol. The molecule has 0 spiro atoms. The van der Waals surface area contributed by atoms with Gasteiger partial charge in [0.2, 0.25) is 11.8 Å². The van der Waals surface area contributed by atoms with Gasteiger partial charge in [0, 0.05) is 37.2 Å². The minimum Gasteiger partial charge on any atom is -0.322 e. The Labute approximate surface area is 177 Å². The molecule has 1 aromatic carbocycles. The van der Waals surface area contributed by atoms with Gasteiger partial charge in [0.15, 0.2) is 0 Å². The molecule has 1 aromatic rings. The van der Waals surface area contributed by atoms with E-state index in [1.165, 1.54) is 19.3 Å². The number of rotatable bonds is 5. The topological polar surface area (TPSA) is 81.8 Å². The zero-order valence-corrected chi connectivity index (χ0v) is 17.4. The molecule has 4 aliphatic rings. The van der Waals surface area contributed by atoms with Crippen molar-refractivity contribution in [1.29, 1.82) is 0 Å². The number of nitrogens with zero attached hydrogens (tertiary/aromatic N) is 2. The Morgan fingerprint density at radius 2 is 1.77 bits per heavy atom. The molecule has 7 nitrogen and oxygen atoms in total. The number of imide groups is 1. The summed E-state index contributed by atoms with van der Waals surface area (Å²) in [4.78, 5) is 41.6. The van der Waals surface area contributed by atoms with Gasteiger partial charge in [-0.25, -0.2) is 0 Å². The SMILES string of the molecule is O=C1CCC(N2Cc3cccc(CN(C4CCC4)C4CCNCC4)c3C2=O)C(=O)N1. The summed E-state index contributed by atoms with van der Waals surface area (Å²) < 4.78 is 0. The number of hydrogen-bond donors (Lipinski definition) is 2. The van der Waals surface area contributed by atoms with E-state index in [1.54, 1.807) is 4.90 Å². The van der Waals surface area contributed by atoms with E-state index in [4.69, 9.17) is 0 Å². The second-order valence-corrected chi connectivity index (χ2v) is 9.09. The number of hydrogen-bond acceptors (Lipinski definition) is 5. The number of carbonyl (C=O) groups is 3. The highest BCUT2D eigenvalue weighted by atomic mass is 16.2. The van der Waals surface area contributed by atoms with Crippen molar-refractivity contribution in [3.8, 4) is 0 Å². The molecule has 3 heterocycles. The fourth-order valence-corrected chi connectivity index (χ4v) is 5.43. The molecule has 1 aliphatic carbocycles. The van der Waals surface area contributed by atoms with Gasteiger partial charge >= 0.3 is 0 Å². The second-order valence-electron chi connectivity index (χ2n) is 9.09. The Morgan fingerprint density at radius 3 is 2.47 bits per heavy atom. The molecule has 0 bridgehead atoms. The standard InChI is InChI=1S/C23H30N4O3/c28-20-8-7-19(22(29)25-20)27-14-16-4-1-3-15(21(16)23(27)30)13-26(17-5-2-6-17)18-9-11-24-12-10-18/h1,3-4,17-19,24H,2,5-14H2,(H,25,28,29). The maximum absolute atomic E-state index is 13.4. The molecule has 3 fully saturated rings. The van der Waals surface area contributed by atoms with Crippen molar-refractivity contribution in [2.24, 2.45) is 0 Å². The van der Waals surface area contributed by atoms with Crippen LogP contribution in [0.2, 0.25) is 0 Å². The lowest BCUT2D eigenvalue weighted by Gasteiger charge is -2.44. The smallest absolute Gasteiger partial charge is 0.255 e. The minimum absolute atomic E-state index is 0.0611. The van der Waals surface area contributed by atoms with E-state index in [1.807, 2.05) is 12.1 Å². The third kappa shape index (κ3) is 3.54. The molecule has 5 rings (SSSR count). The van der Waals surface area contributed by atoms with Gasteiger partial charge in [0.1, 0.15) is 6.04 Å². The number of carbonyl (C=O) groups excluding carboxylic acids is 3. The summed E-state index contributed by atoms with van der Waals surface area (Å²) in [7, 11) is 0. The number of benzene rings is 1. The van der Waals surface area contributed by atoms with E-state index in [0.717, 1.165) is 49.2 Å². The van der Waals surface area contributed by atoms with Crippen LogP contribution in [-0.4, -0.2) is 58.7 Å². The predicted octanol–water partition coefficient (Wildman–Crippen LogP) is 1.55. The third-order valence-electron chi connectivity index (χ3n) is 7.31. The zero-order valence-electron chi connectivity index (χ0n) is 17.4. The van der Waals surface area contributed by atoms with Crippen molar-refractivity contribution in [3.63, 3.8) is 0 Å². The monoisotopic (exact) mass is 410 g/mol. The first-order valence-electron chi connectivity index (χ1n) is 11.3. The molecule has 1 unspecified atom stereocenters. The highest BCUT2D eigenvalue weighted by molar-refractivity contribution is 6.05. The summed E-state index contributed by atoms with van der Waals surface area (Å²) in [5.41, 5.74) is 2.86. The van der Waals surface area contributed by atoms with Crippen LogP contribution < -0.4 is 10.6 Å². The molecule has 0 aromatic heterocycles. The molecule has 2 N–H and O–H groups in total. The van der Waals surface area contributed by atoms with E-state index in [2.05, 4.69) is 21.6 Å². The largest absolute Gasteiger partial charge is 0.322 e. The van der Waals surface area contributed by atoms with Crippen molar-refractivity contribution in [3.05, 3.63) is 34.9 Å². The number of piperidine rings is 2. The quantitative estimate of drug-likeness (QED) is 0.720. The Kier molecular flexibility index (Phi) is 5.33. The summed E-state index contributed by atoms with van der Waals surface area (Å²) in [6.07, 6.45) is 6.78. The van der Waals surface area contributed by atoms with E-state index in [9.17, 15) is 14.4 Å². The van der Waals surface area contributed by atoms with Crippen LogP contribution in [0.4, 0.5) is 0 Å². The van der Waals surface area contributed by atoms with Crippen LogP contribution in [0.5, 0.6) is 0 Å². The number of fused-ring (bicyclic) bond motifs is 1. The van der Waals surface area contributed by atoms with Crippen molar-refractivity contribution >= 4 is 17.7 Å². The fourth-order valence-electron chi connectivity index (χ4n) is 5.43. The van der Waals surface area contributed by atoms with Crippen molar-refractivity contribution in [2.75, 3.05) is 13.1 Å². The molecular weight excluding hydrogens is 380 g/mol. The van der Waals surface area contributed by atoms with E-state index in [-0.39, 0.29) is 24.1 Å². The average molecular weight is 411 g/mol. The Hall–Kier alpha value is -2.25. The zero-order chi connectivity index (χ0) is 20.7. The Morgan fingerprint density at radius 1 is 1.00 bits per heavy atom. The molecule has 3 amide bonds. The van der Waals surface area contributed by atoms with Crippen LogP contribution in [0.15, 0.2) is 18.2 Å². The van der Waals surface area contributed by atoms with Crippen molar-refractivity contribution in [2.45, 2.75) is 76.2 Å². The summed E-state index contributed by atoms with van der Waals surface area (Å²) in [6.45, 7) is 3.37. The maximum atomic E-state index is 13.4. The lowest BCUT2D eigenvalue weighted by Crippen LogP contribution is -2.52. The van der Waals surface area contributed by atoms with Gasteiger partial charge in [0.25, 0.3) is 5.91 Å². The van der Waals surface area contributed by atoms with Crippen LogP contribution in [0.1, 0.15) is 66.4 Å². The average Bonchev–Trinajstić information content (AvgIpc) is 3.04. The van der Waals surface area contributed by atoms with Crippen LogP contribution in [-0.2, 0) is 22.7 Å². The molecule has 0 radical (unpaired) electrons. The lowest BCUT2D eigenvalue weighted by molar-refractivity contribution is -0.136. The molecule has 1 saturated carbocycles. The summed E-state index contributed by atoms with van der Waals surface area (Å²) in [5.74, 6) is -0.659. The third-order valence-corrected chi connectivity index (χ3v) is 7.31. The summed E-state index contributed by atoms with van der Waals surface area (Å²) in [6, 6.07) is 6.75. The molecule has 160 valence electrons. The minimum atomic E-state index is -0.553. The van der Waals surface area contributed by atoms with Crippen LogP contribution in [0.25, 0.3) is 0 Å².